The molecule has 0 aromatic heterocycles. The van der Waals surface area contributed by atoms with Crippen molar-refractivity contribution in [1.29, 1.82) is 0 Å². The third-order valence-corrected chi connectivity index (χ3v) is 5.04. The minimum atomic E-state index is 0.680. The predicted octanol–water partition coefficient (Wildman–Crippen LogP) is 4.18. The molecular weight excluding hydrogens is 320 g/mol. The first-order valence-electron chi connectivity index (χ1n) is 8.22. The van der Waals surface area contributed by atoms with E-state index in [0.717, 1.165) is 25.6 Å². The lowest BCUT2D eigenvalue weighted by atomic mass is 9.87. The quantitative estimate of drug-likeness (QED) is 0.390. The monoisotopic (exact) mass is 350 g/mol. The second kappa shape index (κ2) is 13.1. The van der Waals surface area contributed by atoms with Crippen LogP contribution in [0.1, 0.15) is 51.9 Å². The number of ether oxygens (including phenoxy) is 3. The fourth-order valence-electron chi connectivity index (χ4n) is 2.51. The van der Waals surface area contributed by atoms with Gasteiger partial charge in [0.1, 0.15) is 0 Å². The molecule has 1 saturated carbocycles. The molecule has 0 aromatic rings. The van der Waals surface area contributed by atoms with Crippen molar-refractivity contribution in [3.8, 4) is 0 Å². The van der Waals surface area contributed by atoms with E-state index < -0.39 is 0 Å². The van der Waals surface area contributed by atoms with Crippen molar-refractivity contribution in [2.75, 3.05) is 39.6 Å². The Labute approximate surface area is 132 Å². The zero-order valence-electron chi connectivity index (χ0n) is 12.9. The normalized spacial score (nSPS) is 23.1. The SMILES string of the molecule is CCCCOCCOCCOCCC1CCCCC1Br. The van der Waals surface area contributed by atoms with E-state index in [1.165, 1.54) is 38.5 Å². The Balaban J connectivity index is 1.78. The van der Waals surface area contributed by atoms with Crippen LogP contribution in [0.5, 0.6) is 0 Å². The van der Waals surface area contributed by atoms with Crippen molar-refractivity contribution in [3.05, 3.63) is 0 Å². The summed E-state index contributed by atoms with van der Waals surface area (Å²) in [4.78, 5) is 0.705. The van der Waals surface area contributed by atoms with E-state index in [4.69, 9.17) is 14.2 Å². The van der Waals surface area contributed by atoms with Gasteiger partial charge in [-0.25, -0.2) is 0 Å². The van der Waals surface area contributed by atoms with Crippen LogP contribution in [0.2, 0.25) is 0 Å². The second-order valence-corrected chi connectivity index (χ2v) is 6.72. The average Bonchev–Trinajstić information content (AvgIpc) is 2.46. The summed E-state index contributed by atoms with van der Waals surface area (Å²) in [6.45, 7) is 6.65. The first-order chi connectivity index (χ1) is 9.84. The molecule has 4 heteroatoms. The highest BCUT2D eigenvalue weighted by Crippen LogP contribution is 2.31. The first-order valence-corrected chi connectivity index (χ1v) is 9.13. The molecule has 0 spiro atoms. The summed E-state index contributed by atoms with van der Waals surface area (Å²) < 4.78 is 16.5. The van der Waals surface area contributed by atoms with Crippen LogP contribution in [0.25, 0.3) is 0 Å². The minimum Gasteiger partial charge on any atom is -0.379 e. The standard InChI is InChI=1S/C16H31BrO3/c1-2-3-9-18-11-13-20-14-12-19-10-8-15-6-4-5-7-16(15)17/h15-16H,2-14H2,1H3. The largest absolute Gasteiger partial charge is 0.379 e. The van der Waals surface area contributed by atoms with Crippen LogP contribution in [-0.2, 0) is 14.2 Å². The molecule has 1 aliphatic rings. The van der Waals surface area contributed by atoms with Gasteiger partial charge in [0.2, 0.25) is 0 Å². The summed E-state index contributed by atoms with van der Waals surface area (Å²) in [7, 11) is 0. The smallest absolute Gasteiger partial charge is 0.0701 e. The van der Waals surface area contributed by atoms with E-state index >= 15 is 0 Å². The molecule has 120 valence electrons. The molecule has 1 rings (SSSR count). The van der Waals surface area contributed by atoms with Crippen molar-refractivity contribution < 1.29 is 14.2 Å². The van der Waals surface area contributed by atoms with Gasteiger partial charge >= 0.3 is 0 Å². The molecule has 0 aromatic carbocycles. The van der Waals surface area contributed by atoms with Crippen LogP contribution in [-0.4, -0.2) is 44.5 Å². The molecule has 1 fully saturated rings. The van der Waals surface area contributed by atoms with Gasteiger partial charge in [0.15, 0.2) is 0 Å². The molecule has 20 heavy (non-hydrogen) atoms. The number of hydrogen-bond donors (Lipinski definition) is 0. The van der Waals surface area contributed by atoms with Gasteiger partial charge in [-0.05, 0) is 31.6 Å². The Kier molecular flexibility index (Phi) is 12.0. The van der Waals surface area contributed by atoms with E-state index in [2.05, 4.69) is 22.9 Å². The van der Waals surface area contributed by atoms with Crippen molar-refractivity contribution in [1.82, 2.24) is 0 Å². The lowest BCUT2D eigenvalue weighted by Crippen LogP contribution is -2.21. The summed E-state index contributed by atoms with van der Waals surface area (Å²) in [5.41, 5.74) is 0. The van der Waals surface area contributed by atoms with Gasteiger partial charge in [0.25, 0.3) is 0 Å². The van der Waals surface area contributed by atoms with Crippen LogP contribution >= 0.6 is 15.9 Å². The zero-order chi connectivity index (χ0) is 14.5. The molecular formula is C16H31BrO3. The van der Waals surface area contributed by atoms with Crippen LogP contribution in [0.15, 0.2) is 0 Å². The molecule has 0 bridgehead atoms. The lowest BCUT2D eigenvalue weighted by molar-refractivity contribution is 0.0113. The maximum Gasteiger partial charge on any atom is 0.0701 e. The van der Waals surface area contributed by atoms with Crippen molar-refractivity contribution >= 4 is 15.9 Å². The Morgan fingerprint density at radius 3 is 2.10 bits per heavy atom. The molecule has 0 aliphatic heterocycles. The number of rotatable bonds is 12. The third-order valence-electron chi connectivity index (χ3n) is 3.84. The fourth-order valence-corrected chi connectivity index (χ4v) is 3.36. The van der Waals surface area contributed by atoms with E-state index in [1.807, 2.05) is 0 Å². The van der Waals surface area contributed by atoms with Crippen LogP contribution in [0.3, 0.4) is 0 Å². The highest BCUT2D eigenvalue weighted by molar-refractivity contribution is 9.09. The lowest BCUT2D eigenvalue weighted by Gasteiger charge is -2.27. The van der Waals surface area contributed by atoms with Crippen molar-refractivity contribution in [2.45, 2.75) is 56.7 Å². The maximum atomic E-state index is 5.64. The number of alkyl halides is 1. The van der Waals surface area contributed by atoms with Gasteiger partial charge in [-0.2, -0.15) is 0 Å². The molecule has 1 aliphatic carbocycles. The number of hydrogen-bond acceptors (Lipinski definition) is 3. The summed E-state index contributed by atoms with van der Waals surface area (Å²) >= 11 is 3.79. The molecule has 0 amide bonds. The van der Waals surface area contributed by atoms with Crippen molar-refractivity contribution in [2.24, 2.45) is 5.92 Å². The predicted molar refractivity (Wildman–Crippen MR) is 86.7 cm³/mol. The van der Waals surface area contributed by atoms with Gasteiger partial charge in [-0.15, -0.1) is 0 Å². The zero-order valence-corrected chi connectivity index (χ0v) is 14.5. The van der Waals surface area contributed by atoms with Crippen LogP contribution in [0, 0.1) is 5.92 Å². The van der Waals surface area contributed by atoms with E-state index in [1.54, 1.807) is 0 Å². The average molecular weight is 351 g/mol. The maximum absolute atomic E-state index is 5.64. The molecule has 0 heterocycles. The topological polar surface area (TPSA) is 27.7 Å². The Morgan fingerprint density at radius 2 is 1.45 bits per heavy atom. The number of unbranched alkanes of at least 4 members (excludes halogenated alkanes) is 1. The van der Waals surface area contributed by atoms with E-state index in [9.17, 15) is 0 Å². The highest BCUT2D eigenvalue weighted by atomic mass is 79.9. The first kappa shape index (κ1) is 18.4. The van der Waals surface area contributed by atoms with Gasteiger partial charge in [0.05, 0.1) is 26.4 Å². The molecule has 2 unspecified atom stereocenters. The van der Waals surface area contributed by atoms with Crippen LogP contribution < -0.4 is 0 Å². The third kappa shape index (κ3) is 9.32. The molecule has 0 saturated heterocycles. The summed E-state index contributed by atoms with van der Waals surface area (Å²) in [5, 5.41) is 0. The summed E-state index contributed by atoms with van der Waals surface area (Å²) in [5.74, 6) is 0.802. The molecule has 3 nitrogen and oxygen atoms in total. The van der Waals surface area contributed by atoms with Gasteiger partial charge in [0, 0.05) is 18.0 Å². The van der Waals surface area contributed by atoms with Crippen LogP contribution in [0.4, 0.5) is 0 Å². The van der Waals surface area contributed by atoms with E-state index in [-0.39, 0.29) is 0 Å². The molecule has 2 atom stereocenters. The fraction of sp³-hybridized carbons (Fsp3) is 1.00. The summed E-state index contributed by atoms with van der Waals surface area (Å²) in [6, 6.07) is 0. The van der Waals surface area contributed by atoms with Gasteiger partial charge < -0.3 is 14.2 Å². The van der Waals surface area contributed by atoms with Gasteiger partial charge in [-0.3, -0.25) is 0 Å². The van der Waals surface area contributed by atoms with Crippen molar-refractivity contribution in [3.63, 3.8) is 0 Å². The highest BCUT2D eigenvalue weighted by Gasteiger charge is 2.21. The second-order valence-electron chi connectivity index (χ2n) is 5.54. The summed E-state index contributed by atoms with van der Waals surface area (Å²) in [6.07, 6.45) is 8.94. The minimum absolute atomic E-state index is 0.680. The molecule has 0 radical (unpaired) electrons. The number of halogens is 1. The molecule has 0 N–H and O–H groups in total. The Morgan fingerprint density at radius 1 is 0.850 bits per heavy atom. The Hall–Kier alpha value is 0.360. The van der Waals surface area contributed by atoms with E-state index in [0.29, 0.717) is 31.3 Å². The Bertz CT molecular complexity index is 214. The van der Waals surface area contributed by atoms with Gasteiger partial charge in [-0.1, -0.05) is 42.1 Å².